The van der Waals surface area contributed by atoms with Crippen molar-refractivity contribution in [2.45, 2.75) is 13.5 Å². The Bertz CT molecular complexity index is 506. The number of nitrogens with two attached hydrogens (primary N) is 1. The van der Waals surface area contributed by atoms with E-state index in [0.717, 1.165) is 28.1 Å². The smallest absolute Gasteiger partial charge is 0.119 e. The second-order valence-electron chi connectivity index (χ2n) is 3.92. The van der Waals surface area contributed by atoms with Gasteiger partial charge in [0, 0.05) is 24.0 Å². The molecule has 17 heavy (non-hydrogen) atoms. The van der Waals surface area contributed by atoms with Gasteiger partial charge in [-0.2, -0.15) is 0 Å². The molecule has 0 aliphatic carbocycles. The first-order chi connectivity index (χ1) is 8.24. The van der Waals surface area contributed by atoms with E-state index in [4.69, 9.17) is 10.5 Å². The first-order valence-corrected chi connectivity index (χ1v) is 5.54. The van der Waals surface area contributed by atoms with Crippen molar-refractivity contribution in [1.82, 2.24) is 4.98 Å². The fourth-order valence-electron chi connectivity index (χ4n) is 1.77. The maximum Gasteiger partial charge on any atom is 0.119 e. The zero-order valence-electron chi connectivity index (χ0n) is 10.1. The van der Waals surface area contributed by atoms with Gasteiger partial charge in [-0.25, -0.2) is 0 Å². The number of methoxy groups -OCH3 is 1. The molecule has 1 heterocycles. The van der Waals surface area contributed by atoms with Gasteiger partial charge in [-0.15, -0.1) is 0 Å². The SMILES string of the molecule is COc1ccc(-c2ccc(C)nc2)c(CN)c1. The molecule has 0 unspecified atom stereocenters. The van der Waals surface area contributed by atoms with Crippen molar-refractivity contribution in [1.29, 1.82) is 0 Å². The Morgan fingerprint density at radius 3 is 2.65 bits per heavy atom. The van der Waals surface area contributed by atoms with E-state index in [0.29, 0.717) is 6.54 Å². The topological polar surface area (TPSA) is 48.1 Å². The molecule has 0 saturated heterocycles. The van der Waals surface area contributed by atoms with Crippen molar-refractivity contribution in [3.05, 3.63) is 47.8 Å². The van der Waals surface area contributed by atoms with Gasteiger partial charge in [0.1, 0.15) is 5.75 Å². The van der Waals surface area contributed by atoms with Gasteiger partial charge >= 0.3 is 0 Å². The minimum Gasteiger partial charge on any atom is -0.497 e. The Morgan fingerprint density at radius 2 is 2.06 bits per heavy atom. The third-order valence-electron chi connectivity index (χ3n) is 2.75. The molecule has 0 fully saturated rings. The van der Waals surface area contributed by atoms with E-state index in [1.807, 2.05) is 37.4 Å². The second-order valence-corrected chi connectivity index (χ2v) is 3.92. The molecule has 3 nitrogen and oxygen atoms in total. The first kappa shape index (κ1) is 11.6. The summed E-state index contributed by atoms with van der Waals surface area (Å²) in [5, 5.41) is 0. The fourth-order valence-corrected chi connectivity index (χ4v) is 1.77. The first-order valence-electron chi connectivity index (χ1n) is 5.54. The largest absolute Gasteiger partial charge is 0.497 e. The fraction of sp³-hybridized carbons (Fsp3) is 0.214. The van der Waals surface area contributed by atoms with E-state index in [1.165, 1.54) is 0 Å². The van der Waals surface area contributed by atoms with E-state index in [9.17, 15) is 0 Å². The lowest BCUT2D eigenvalue weighted by atomic mass is 10.0. The van der Waals surface area contributed by atoms with Crippen molar-refractivity contribution in [2.24, 2.45) is 5.73 Å². The van der Waals surface area contributed by atoms with Crippen LogP contribution >= 0.6 is 0 Å². The summed E-state index contributed by atoms with van der Waals surface area (Å²) in [5.74, 6) is 0.828. The van der Waals surface area contributed by atoms with Gasteiger partial charge in [0.05, 0.1) is 7.11 Å². The molecule has 3 heteroatoms. The van der Waals surface area contributed by atoms with Crippen molar-refractivity contribution in [3.63, 3.8) is 0 Å². The Hall–Kier alpha value is -1.87. The summed E-state index contributed by atoms with van der Waals surface area (Å²) in [6.07, 6.45) is 1.87. The summed E-state index contributed by atoms with van der Waals surface area (Å²) >= 11 is 0. The molecule has 0 spiro atoms. The molecule has 0 aliphatic rings. The molecular formula is C14H16N2O. The Morgan fingerprint density at radius 1 is 1.24 bits per heavy atom. The molecule has 88 valence electrons. The van der Waals surface area contributed by atoms with Crippen LogP contribution in [0.4, 0.5) is 0 Å². The van der Waals surface area contributed by atoms with Crippen LogP contribution in [0.5, 0.6) is 5.75 Å². The van der Waals surface area contributed by atoms with Crippen LogP contribution in [0.25, 0.3) is 11.1 Å². The minimum absolute atomic E-state index is 0.487. The molecule has 0 saturated carbocycles. The lowest BCUT2D eigenvalue weighted by Crippen LogP contribution is -2.00. The normalized spacial score (nSPS) is 10.3. The molecular weight excluding hydrogens is 212 g/mol. The number of benzene rings is 1. The van der Waals surface area contributed by atoms with E-state index >= 15 is 0 Å². The predicted molar refractivity (Wildman–Crippen MR) is 68.9 cm³/mol. The summed E-state index contributed by atoms with van der Waals surface area (Å²) in [7, 11) is 1.66. The van der Waals surface area contributed by atoms with Gasteiger partial charge in [0.25, 0.3) is 0 Å². The van der Waals surface area contributed by atoms with Gasteiger partial charge in [0.15, 0.2) is 0 Å². The van der Waals surface area contributed by atoms with E-state index in [-0.39, 0.29) is 0 Å². The molecule has 2 rings (SSSR count). The maximum absolute atomic E-state index is 5.77. The minimum atomic E-state index is 0.487. The molecule has 1 aromatic heterocycles. The maximum atomic E-state index is 5.77. The van der Waals surface area contributed by atoms with Crippen molar-refractivity contribution in [2.75, 3.05) is 7.11 Å². The predicted octanol–water partition coefficient (Wildman–Crippen LogP) is 2.52. The molecule has 2 N–H and O–H groups in total. The third-order valence-corrected chi connectivity index (χ3v) is 2.75. The van der Waals surface area contributed by atoms with Gasteiger partial charge in [-0.1, -0.05) is 12.1 Å². The lowest BCUT2D eigenvalue weighted by Gasteiger charge is -2.10. The van der Waals surface area contributed by atoms with Gasteiger partial charge < -0.3 is 10.5 Å². The van der Waals surface area contributed by atoms with Crippen molar-refractivity contribution in [3.8, 4) is 16.9 Å². The highest BCUT2D eigenvalue weighted by molar-refractivity contribution is 5.67. The van der Waals surface area contributed by atoms with Crippen LogP contribution in [0.3, 0.4) is 0 Å². The van der Waals surface area contributed by atoms with Crippen LogP contribution in [0, 0.1) is 6.92 Å². The third kappa shape index (κ3) is 2.45. The summed E-state index contributed by atoms with van der Waals surface area (Å²) in [6.45, 7) is 2.46. The molecule has 2 aromatic rings. The van der Waals surface area contributed by atoms with Crippen molar-refractivity contribution >= 4 is 0 Å². The standard InChI is InChI=1S/C14H16N2O/c1-10-3-4-11(9-16-10)14-6-5-13(17-2)7-12(14)8-15/h3-7,9H,8,15H2,1-2H3. The van der Waals surface area contributed by atoms with Crippen molar-refractivity contribution < 1.29 is 4.74 Å². The molecule has 0 amide bonds. The summed E-state index contributed by atoms with van der Waals surface area (Å²) in [4.78, 5) is 4.30. The zero-order valence-corrected chi connectivity index (χ0v) is 10.1. The van der Waals surface area contributed by atoms with Crippen LogP contribution < -0.4 is 10.5 Å². The number of rotatable bonds is 3. The van der Waals surface area contributed by atoms with Crippen LogP contribution in [0.2, 0.25) is 0 Å². The van der Waals surface area contributed by atoms with E-state index in [1.54, 1.807) is 7.11 Å². The van der Waals surface area contributed by atoms with Gasteiger partial charge in [-0.05, 0) is 36.2 Å². The van der Waals surface area contributed by atoms with E-state index in [2.05, 4.69) is 11.1 Å². The quantitative estimate of drug-likeness (QED) is 0.878. The monoisotopic (exact) mass is 228 g/mol. The number of pyridine rings is 1. The number of nitrogens with zero attached hydrogens (tertiary/aromatic N) is 1. The number of hydrogen-bond donors (Lipinski definition) is 1. The van der Waals surface area contributed by atoms with Gasteiger partial charge in [-0.3, -0.25) is 4.98 Å². The number of hydrogen-bond acceptors (Lipinski definition) is 3. The molecule has 1 aromatic carbocycles. The average Bonchev–Trinajstić information content (AvgIpc) is 2.39. The Labute approximate surface area is 101 Å². The highest BCUT2D eigenvalue weighted by atomic mass is 16.5. The molecule has 0 bridgehead atoms. The number of ether oxygens (including phenoxy) is 1. The zero-order chi connectivity index (χ0) is 12.3. The summed E-state index contributed by atoms with van der Waals surface area (Å²) in [5.41, 5.74) is 10.0. The molecule has 0 aliphatic heterocycles. The molecule has 0 radical (unpaired) electrons. The Balaban J connectivity index is 2.47. The van der Waals surface area contributed by atoms with Gasteiger partial charge in [0.2, 0.25) is 0 Å². The Kier molecular flexibility index (Phi) is 3.40. The lowest BCUT2D eigenvalue weighted by molar-refractivity contribution is 0.414. The van der Waals surface area contributed by atoms with E-state index < -0.39 is 0 Å². The second kappa shape index (κ2) is 4.97. The van der Waals surface area contributed by atoms with Crippen LogP contribution in [-0.2, 0) is 6.54 Å². The highest BCUT2D eigenvalue weighted by Gasteiger charge is 2.05. The number of aryl methyl sites for hydroxylation is 1. The number of aromatic nitrogens is 1. The highest BCUT2D eigenvalue weighted by Crippen LogP contribution is 2.26. The van der Waals surface area contributed by atoms with Crippen LogP contribution in [0.1, 0.15) is 11.3 Å². The van der Waals surface area contributed by atoms with Crippen LogP contribution in [0.15, 0.2) is 36.5 Å². The molecule has 0 atom stereocenters. The summed E-state index contributed by atoms with van der Waals surface area (Å²) < 4.78 is 5.20. The average molecular weight is 228 g/mol. The summed E-state index contributed by atoms with van der Waals surface area (Å²) in [6, 6.07) is 9.99. The van der Waals surface area contributed by atoms with Crippen LogP contribution in [-0.4, -0.2) is 12.1 Å².